The highest BCUT2D eigenvalue weighted by Crippen LogP contribution is 2.33. The molecule has 0 bridgehead atoms. The summed E-state index contributed by atoms with van der Waals surface area (Å²) in [5.41, 5.74) is 2.58. The van der Waals surface area contributed by atoms with Gasteiger partial charge in [0.15, 0.2) is 0 Å². The number of halogens is 1. The highest BCUT2D eigenvalue weighted by atomic mass is 35.5. The summed E-state index contributed by atoms with van der Waals surface area (Å²) in [6.07, 6.45) is 1.29. The molecule has 118 valence electrons. The van der Waals surface area contributed by atoms with Gasteiger partial charge < -0.3 is 10.2 Å². The van der Waals surface area contributed by atoms with Gasteiger partial charge in [-0.25, -0.2) is 0 Å². The normalized spacial score (nSPS) is 19.0. The summed E-state index contributed by atoms with van der Waals surface area (Å²) >= 11 is 6.46. The average Bonchev–Trinajstić information content (AvgIpc) is 2.90. The first kappa shape index (κ1) is 16.6. The van der Waals surface area contributed by atoms with Gasteiger partial charge in [0.05, 0.1) is 0 Å². The van der Waals surface area contributed by atoms with Crippen molar-refractivity contribution in [2.24, 2.45) is 17.8 Å². The third-order valence-electron chi connectivity index (χ3n) is 4.46. The predicted molar refractivity (Wildman–Crippen MR) is 93.2 cm³/mol. The van der Waals surface area contributed by atoms with Gasteiger partial charge in [0.1, 0.15) is 0 Å². The molecule has 0 aliphatic carbocycles. The quantitative estimate of drug-likeness (QED) is 0.828. The van der Waals surface area contributed by atoms with Crippen molar-refractivity contribution in [3.05, 3.63) is 28.8 Å². The fourth-order valence-corrected chi connectivity index (χ4v) is 3.29. The maximum atomic E-state index is 6.46. The molecule has 1 heterocycles. The summed E-state index contributed by atoms with van der Waals surface area (Å²) in [6.45, 7) is 13.3. The lowest BCUT2D eigenvalue weighted by Crippen LogP contribution is -2.25. The molecule has 0 radical (unpaired) electrons. The highest BCUT2D eigenvalue weighted by Gasteiger charge is 2.26. The average molecular weight is 309 g/mol. The Labute approximate surface area is 134 Å². The van der Waals surface area contributed by atoms with E-state index in [9.17, 15) is 0 Å². The molecule has 1 atom stereocenters. The second-order valence-corrected chi connectivity index (χ2v) is 7.41. The van der Waals surface area contributed by atoms with Gasteiger partial charge in [0.25, 0.3) is 0 Å². The predicted octanol–water partition coefficient (Wildman–Crippen LogP) is 4.57. The number of hydrogen-bond donors (Lipinski definition) is 1. The van der Waals surface area contributed by atoms with Gasteiger partial charge in [0.2, 0.25) is 0 Å². The molecule has 21 heavy (non-hydrogen) atoms. The van der Waals surface area contributed by atoms with Crippen LogP contribution in [0.25, 0.3) is 0 Å². The third kappa shape index (κ3) is 4.37. The van der Waals surface area contributed by atoms with Crippen molar-refractivity contribution in [1.29, 1.82) is 0 Å². The minimum Gasteiger partial charge on any atom is -0.371 e. The van der Waals surface area contributed by atoms with E-state index in [4.69, 9.17) is 11.6 Å². The second kappa shape index (κ2) is 7.51. The molecule has 1 aromatic carbocycles. The van der Waals surface area contributed by atoms with Crippen molar-refractivity contribution in [3.63, 3.8) is 0 Å². The first-order valence-corrected chi connectivity index (χ1v) is 8.60. The first-order valence-electron chi connectivity index (χ1n) is 8.22. The van der Waals surface area contributed by atoms with Crippen molar-refractivity contribution in [1.82, 2.24) is 5.32 Å². The molecule has 0 saturated carbocycles. The van der Waals surface area contributed by atoms with Crippen molar-refractivity contribution < 1.29 is 0 Å². The maximum Gasteiger partial charge on any atom is 0.0471 e. The van der Waals surface area contributed by atoms with E-state index in [-0.39, 0.29) is 0 Å². The summed E-state index contributed by atoms with van der Waals surface area (Å²) in [7, 11) is 0. The van der Waals surface area contributed by atoms with Crippen molar-refractivity contribution in [3.8, 4) is 0 Å². The molecule has 1 fully saturated rings. The van der Waals surface area contributed by atoms with Crippen LogP contribution in [0.15, 0.2) is 18.2 Å². The molecule has 1 aliphatic heterocycles. The van der Waals surface area contributed by atoms with Crippen molar-refractivity contribution >= 4 is 17.3 Å². The van der Waals surface area contributed by atoms with E-state index in [2.05, 4.69) is 50.0 Å². The summed E-state index contributed by atoms with van der Waals surface area (Å²) in [5.74, 6) is 2.23. The smallest absolute Gasteiger partial charge is 0.0471 e. The molecule has 3 heteroatoms. The zero-order valence-corrected chi connectivity index (χ0v) is 14.6. The first-order chi connectivity index (χ1) is 9.99. The molecular weight excluding hydrogens is 280 g/mol. The molecule has 0 spiro atoms. The fourth-order valence-electron chi connectivity index (χ4n) is 3.05. The topological polar surface area (TPSA) is 15.3 Å². The van der Waals surface area contributed by atoms with Crippen LogP contribution in [-0.2, 0) is 6.54 Å². The number of rotatable bonds is 6. The van der Waals surface area contributed by atoms with Crippen LogP contribution in [0.2, 0.25) is 5.02 Å². The SMILES string of the molecule is CC(C)CNCc1c(Cl)cccc1N1CCC(C(C)C)C1. The Morgan fingerprint density at radius 2 is 2.05 bits per heavy atom. The third-order valence-corrected chi connectivity index (χ3v) is 4.81. The molecule has 1 unspecified atom stereocenters. The van der Waals surface area contributed by atoms with Crippen molar-refractivity contribution in [2.75, 3.05) is 24.5 Å². The van der Waals surface area contributed by atoms with E-state index >= 15 is 0 Å². The second-order valence-electron chi connectivity index (χ2n) is 7.00. The van der Waals surface area contributed by atoms with Crippen LogP contribution in [0.1, 0.15) is 39.7 Å². The molecule has 2 nitrogen and oxygen atoms in total. The number of nitrogens with one attached hydrogen (secondary N) is 1. The van der Waals surface area contributed by atoms with Gasteiger partial charge in [-0.1, -0.05) is 45.4 Å². The molecule has 1 aromatic rings. The summed E-state index contributed by atoms with van der Waals surface area (Å²) in [6, 6.07) is 6.31. The standard InChI is InChI=1S/C18H29ClN2/c1-13(2)10-20-11-16-17(19)6-5-7-18(16)21-9-8-15(12-21)14(3)4/h5-7,13-15,20H,8-12H2,1-4H3. The van der Waals surface area contributed by atoms with Crippen LogP contribution < -0.4 is 10.2 Å². The van der Waals surface area contributed by atoms with E-state index in [1.54, 1.807) is 0 Å². The maximum absolute atomic E-state index is 6.46. The van der Waals surface area contributed by atoms with Crippen LogP contribution in [-0.4, -0.2) is 19.6 Å². The van der Waals surface area contributed by atoms with Gasteiger partial charge in [-0.15, -0.1) is 0 Å². The van der Waals surface area contributed by atoms with E-state index in [1.165, 1.54) is 17.7 Å². The lowest BCUT2D eigenvalue weighted by molar-refractivity contribution is 0.422. The minimum atomic E-state index is 0.660. The Morgan fingerprint density at radius 1 is 1.29 bits per heavy atom. The summed E-state index contributed by atoms with van der Waals surface area (Å²) in [5, 5.41) is 4.41. The Balaban J connectivity index is 2.10. The van der Waals surface area contributed by atoms with Gasteiger partial charge in [-0.3, -0.25) is 0 Å². The molecule has 2 rings (SSSR count). The van der Waals surface area contributed by atoms with Crippen LogP contribution >= 0.6 is 11.6 Å². The Bertz CT molecular complexity index is 457. The van der Waals surface area contributed by atoms with Crippen LogP contribution in [0, 0.1) is 17.8 Å². The minimum absolute atomic E-state index is 0.660. The van der Waals surface area contributed by atoms with Gasteiger partial charge in [0, 0.05) is 35.9 Å². The van der Waals surface area contributed by atoms with Crippen LogP contribution in [0.3, 0.4) is 0 Å². The van der Waals surface area contributed by atoms with E-state index in [0.29, 0.717) is 5.92 Å². The largest absolute Gasteiger partial charge is 0.371 e. The van der Waals surface area contributed by atoms with Crippen LogP contribution in [0.5, 0.6) is 0 Å². The van der Waals surface area contributed by atoms with Gasteiger partial charge >= 0.3 is 0 Å². The molecule has 0 amide bonds. The molecular formula is C18H29ClN2. The number of nitrogens with zero attached hydrogens (tertiary/aromatic N) is 1. The molecule has 1 aliphatic rings. The van der Waals surface area contributed by atoms with E-state index in [1.807, 2.05) is 6.07 Å². The highest BCUT2D eigenvalue weighted by molar-refractivity contribution is 6.31. The summed E-state index contributed by atoms with van der Waals surface area (Å²) in [4.78, 5) is 2.52. The Kier molecular flexibility index (Phi) is 5.95. The number of anilines is 1. The monoisotopic (exact) mass is 308 g/mol. The molecule has 1 N–H and O–H groups in total. The van der Waals surface area contributed by atoms with Gasteiger partial charge in [-0.05, 0) is 42.9 Å². The lowest BCUT2D eigenvalue weighted by atomic mass is 9.95. The summed E-state index contributed by atoms with van der Waals surface area (Å²) < 4.78 is 0. The van der Waals surface area contributed by atoms with Crippen LogP contribution in [0.4, 0.5) is 5.69 Å². The number of benzene rings is 1. The molecule has 1 saturated heterocycles. The Hall–Kier alpha value is -0.730. The number of hydrogen-bond acceptors (Lipinski definition) is 2. The molecule has 0 aromatic heterocycles. The van der Waals surface area contributed by atoms with Gasteiger partial charge in [-0.2, -0.15) is 0 Å². The lowest BCUT2D eigenvalue weighted by Gasteiger charge is -2.24. The van der Waals surface area contributed by atoms with E-state index < -0.39 is 0 Å². The Morgan fingerprint density at radius 3 is 2.67 bits per heavy atom. The zero-order chi connectivity index (χ0) is 15.4. The van der Waals surface area contributed by atoms with E-state index in [0.717, 1.165) is 43.0 Å². The fraction of sp³-hybridized carbons (Fsp3) is 0.667. The van der Waals surface area contributed by atoms with Crippen molar-refractivity contribution in [2.45, 2.75) is 40.7 Å². The zero-order valence-electron chi connectivity index (χ0n) is 13.8.